The minimum atomic E-state index is -0.243. The number of hydrogen-bond acceptors (Lipinski definition) is 2. The van der Waals surface area contributed by atoms with E-state index in [4.69, 9.17) is 4.74 Å². The normalized spacial score (nSPS) is 24.8. The van der Waals surface area contributed by atoms with Crippen molar-refractivity contribution in [3.63, 3.8) is 0 Å². The molecular weight excluding hydrogens is 291 g/mol. The third kappa shape index (κ3) is 2.19. The van der Waals surface area contributed by atoms with Crippen LogP contribution in [0.25, 0.3) is 0 Å². The number of carbonyl (C=O) groups excluding carboxylic acids is 1. The number of carbonyl (C=O) groups is 1. The molecule has 0 saturated heterocycles. The van der Waals surface area contributed by atoms with Crippen molar-refractivity contribution >= 4 is 5.97 Å². The van der Waals surface area contributed by atoms with Gasteiger partial charge < -0.3 is 4.74 Å². The Balaban J connectivity index is 1.81. The van der Waals surface area contributed by atoms with Crippen molar-refractivity contribution in [2.24, 2.45) is 0 Å². The highest BCUT2D eigenvalue weighted by Crippen LogP contribution is 2.55. The molecule has 0 radical (unpaired) electrons. The number of halogens is 1. The molecule has 23 heavy (non-hydrogen) atoms. The minimum absolute atomic E-state index is 0.0544. The molecule has 3 unspecified atom stereocenters. The first-order valence-electron chi connectivity index (χ1n) is 7.83. The Morgan fingerprint density at radius 3 is 2.48 bits per heavy atom. The Hall–Kier alpha value is -2.42. The maximum absolute atomic E-state index is 13.2. The molecule has 2 aromatic rings. The van der Waals surface area contributed by atoms with Gasteiger partial charge in [-0.2, -0.15) is 0 Å². The van der Waals surface area contributed by atoms with Gasteiger partial charge in [-0.1, -0.05) is 42.5 Å². The summed E-state index contributed by atoms with van der Waals surface area (Å²) < 4.78 is 18.2. The number of fused-ring (bicyclic) bond motifs is 1. The van der Waals surface area contributed by atoms with Crippen LogP contribution in [0.15, 0.2) is 60.2 Å². The van der Waals surface area contributed by atoms with Gasteiger partial charge in [-0.05, 0) is 41.2 Å². The van der Waals surface area contributed by atoms with Crippen molar-refractivity contribution in [1.82, 2.24) is 0 Å². The molecule has 0 aromatic heterocycles. The molecular formula is C20H17FO2. The lowest BCUT2D eigenvalue weighted by Crippen LogP contribution is -2.31. The molecule has 5 rings (SSSR count). The standard InChI is InChI=1S/C20H17FO2/c1-23-20(22)19-11-17-14-4-2-3-5-15(14)18(19)10-16(17)12-6-8-13(21)9-7-12/h2-9,11,16-18H,10H2,1H3. The molecule has 116 valence electrons. The number of allylic oxidation sites excluding steroid dienone is 1. The van der Waals surface area contributed by atoms with E-state index in [0.717, 1.165) is 17.6 Å². The summed E-state index contributed by atoms with van der Waals surface area (Å²) in [6.07, 6.45) is 2.91. The molecule has 0 fully saturated rings. The molecule has 3 aliphatic carbocycles. The second kappa shape index (κ2) is 5.34. The van der Waals surface area contributed by atoms with Crippen LogP contribution in [-0.4, -0.2) is 13.1 Å². The van der Waals surface area contributed by atoms with Crippen LogP contribution in [0.1, 0.15) is 40.9 Å². The van der Waals surface area contributed by atoms with E-state index in [9.17, 15) is 9.18 Å². The molecule has 0 amide bonds. The minimum Gasteiger partial charge on any atom is -0.466 e. The van der Waals surface area contributed by atoms with Crippen molar-refractivity contribution in [3.05, 3.63) is 82.7 Å². The number of hydrogen-bond donors (Lipinski definition) is 0. The van der Waals surface area contributed by atoms with Crippen molar-refractivity contribution in [2.45, 2.75) is 24.2 Å². The summed E-state index contributed by atoms with van der Waals surface area (Å²) in [5, 5.41) is 0. The van der Waals surface area contributed by atoms with E-state index < -0.39 is 0 Å². The largest absolute Gasteiger partial charge is 0.466 e. The third-order valence-electron chi connectivity index (χ3n) is 5.11. The van der Waals surface area contributed by atoms with Gasteiger partial charge in [0.25, 0.3) is 0 Å². The van der Waals surface area contributed by atoms with Crippen molar-refractivity contribution in [3.8, 4) is 0 Å². The first-order chi connectivity index (χ1) is 11.2. The summed E-state index contributed by atoms with van der Waals surface area (Å²) in [4.78, 5) is 12.1. The Labute approximate surface area is 134 Å². The maximum Gasteiger partial charge on any atom is 0.334 e. The molecule has 0 N–H and O–H groups in total. The Morgan fingerprint density at radius 2 is 1.78 bits per heavy atom. The van der Waals surface area contributed by atoms with Gasteiger partial charge >= 0.3 is 5.97 Å². The monoisotopic (exact) mass is 308 g/mol. The summed E-state index contributed by atoms with van der Waals surface area (Å²) in [6, 6.07) is 15.0. The van der Waals surface area contributed by atoms with Crippen LogP contribution in [-0.2, 0) is 9.53 Å². The number of rotatable bonds is 2. The van der Waals surface area contributed by atoms with Crippen LogP contribution < -0.4 is 0 Å². The van der Waals surface area contributed by atoms with Gasteiger partial charge in [-0.3, -0.25) is 0 Å². The Bertz CT molecular complexity index is 792. The molecule has 2 bridgehead atoms. The number of benzene rings is 2. The van der Waals surface area contributed by atoms with Crippen LogP contribution >= 0.6 is 0 Å². The van der Waals surface area contributed by atoms with E-state index in [-0.39, 0.29) is 29.5 Å². The highest BCUT2D eigenvalue weighted by Gasteiger charge is 2.42. The van der Waals surface area contributed by atoms with Crippen molar-refractivity contribution in [1.29, 1.82) is 0 Å². The fourth-order valence-electron chi connectivity index (χ4n) is 4.07. The summed E-state index contributed by atoms with van der Waals surface area (Å²) in [7, 11) is 1.43. The zero-order valence-electron chi connectivity index (χ0n) is 12.8. The lowest BCUT2D eigenvalue weighted by atomic mass is 9.61. The van der Waals surface area contributed by atoms with Gasteiger partial charge in [-0.15, -0.1) is 0 Å². The molecule has 3 aliphatic rings. The highest BCUT2D eigenvalue weighted by atomic mass is 19.1. The van der Waals surface area contributed by atoms with Crippen LogP contribution in [0.2, 0.25) is 0 Å². The van der Waals surface area contributed by atoms with Crippen molar-refractivity contribution in [2.75, 3.05) is 7.11 Å². The Kier molecular flexibility index (Phi) is 3.29. The second-order valence-corrected chi connectivity index (χ2v) is 6.21. The molecule has 0 spiro atoms. The van der Waals surface area contributed by atoms with E-state index in [0.29, 0.717) is 0 Å². The fourth-order valence-corrected chi connectivity index (χ4v) is 4.07. The van der Waals surface area contributed by atoms with Gasteiger partial charge in [0, 0.05) is 17.4 Å². The molecule has 3 heteroatoms. The van der Waals surface area contributed by atoms with Gasteiger partial charge in [0.15, 0.2) is 0 Å². The second-order valence-electron chi connectivity index (χ2n) is 6.21. The Morgan fingerprint density at radius 1 is 1.09 bits per heavy atom. The topological polar surface area (TPSA) is 26.3 Å². The molecule has 0 aliphatic heterocycles. The molecule has 2 aromatic carbocycles. The number of esters is 1. The first kappa shape index (κ1) is 14.2. The molecule has 2 nitrogen and oxygen atoms in total. The maximum atomic E-state index is 13.2. The predicted octanol–water partition coefficient (Wildman–Crippen LogP) is 4.29. The van der Waals surface area contributed by atoms with E-state index >= 15 is 0 Å². The van der Waals surface area contributed by atoms with E-state index in [1.807, 2.05) is 24.3 Å². The number of methoxy groups -OCH3 is 1. The van der Waals surface area contributed by atoms with Crippen LogP contribution in [0.3, 0.4) is 0 Å². The van der Waals surface area contributed by atoms with Crippen molar-refractivity contribution < 1.29 is 13.9 Å². The predicted molar refractivity (Wildman–Crippen MR) is 85.8 cm³/mol. The summed E-state index contributed by atoms with van der Waals surface area (Å²) in [5.74, 6) is -0.00802. The summed E-state index contributed by atoms with van der Waals surface area (Å²) in [5.41, 5.74) is 4.37. The van der Waals surface area contributed by atoms with Gasteiger partial charge in [0.1, 0.15) is 5.82 Å². The number of ether oxygens (including phenoxy) is 1. The van der Waals surface area contributed by atoms with Gasteiger partial charge in [-0.25, -0.2) is 9.18 Å². The van der Waals surface area contributed by atoms with Gasteiger partial charge in [0.05, 0.1) is 7.11 Å². The summed E-state index contributed by atoms with van der Waals surface area (Å²) >= 11 is 0. The lowest BCUT2D eigenvalue weighted by molar-refractivity contribution is -0.136. The first-order valence-corrected chi connectivity index (χ1v) is 7.83. The zero-order valence-corrected chi connectivity index (χ0v) is 12.8. The molecule has 0 heterocycles. The van der Waals surface area contributed by atoms with Crippen LogP contribution in [0, 0.1) is 5.82 Å². The molecule has 0 saturated carbocycles. The third-order valence-corrected chi connectivity index (χ3v) is 5.11. The SMILES string of the molecule is COC(=O)C1=CC2c3ccccc3C1CC2c1ccc(F)cc1. The van der Waals surface area contributed by atoms with E-state index in [1.165, 1.54) is 30.4 Å². The van der Waals surface area contributed by atoms with Crippen LogP contribution in [0.5, 0.6) is 0 Å². The lowest BCUT2D eigenvalue weighted by Gasteiger charge is -2.42. The van der Waals surface area contributed by atoms with E-state index in [1.54, 1.807) is 0 Å². The zero-order chi connectivity index (χ0) is 16.0. The van der Waals surface area contributed by atoms with Crippen LogP contribution in [0.4, 0.5) is 4.39 Å². The quantitative estimate of drug-likeness (QED) is 0.774. The fraction of sp³-hybridized carbons (Fsp3) is 0.250. The van der Waals surface area contributed by atoms with Gasteiger partial charge in [0.2, 0.25) is 0 Å². The highest BCUT2D eigenvalue weighted by molar-refractivity contribution is 5.91. The summed E-state index contributed by atoms with van der Waals surface area (Å²) in [6.45, 7) is 0. The molecule has 3 atom stereocenters. The van der Waals surface area contributed by atoms with E-state index in [2.05, 4.69) is 18.2 Å². The average Bonchev–Trinajstić information content (AvgIpc) is 2.61. The average molecular weight is 308 g/mol. The smallest absolute Gasteiger partial charge is 0.334 e.